The lowest BCUT2D eigenvalue weighted by Crippen LogP contribution is -2.08. The minimum absolute atomic E-state index is 0.315. The summed E-state index contributed by atoms with van der Waals surface area (Å²) in [4.78, 5) is 19.8. The summed E-state index contributed by atoms with van der Waals surface area (Å²) < 4.78 is 26.1. The first-order chi connectivity index (χ1) is 7.91. The number of carbonyl (C=O) groups is 1. The van der Waals surface area contributed by atoms with E-state index < -0.39 is 28.2 Å². The van der Waals surface area contributed by atoms with Crippen molar-refractivity contribution < 1.29 is 18.5 Å². The predicted octanol–water partition coefficient (Wildman–Crippen LogP) is 1.10. The van der Waals surface area contributed by atoms with Crippen molar-refractivity contribution in [3.63, 3.8) is 0 Å². The van der Waals surface area contributed by atoms with Crippen molar-refractivity contribution in [1.29, 1.82) is 0 Å². The van der Waals surface area contributed by atoms with E-state index in [4.69, 9.17) is 5.73 Å². The van der Waals surface area contributed by atoms with Crippen molar-refractivity contribution in [2.45, 2.75) is 6.42 Å². The monoisotopic (exact) mass is 240 g/mol. The fraction of sp³-hybridized carbons (Fsp3) is 0.100. The van der Waals surface area contributed by atoms with E-state index in [0.717, 1.165) is 0 Å². The van der Waals surface area contributed by atoms with Crippen molar-refractivity contribution in [2.24, 2.45) is 5.73 Å². The Bertz CT molecular complexity index is 546. The third-order valence-electron chi connectivity index (χ3n) is 1.72. The van der Waals surface area contributed by atoms with Gasteiger partial charge in [-0.25, -0.2) is 4.39 Å². The largest absolute Gasteiger partial charge is 0.369 e. The van der Waals surface area contributed by atoms with Gasteiger partial charge in [-0.05, 0) is 0 Å². The second kappa shape index (κ2) is 5.03. The van der Waals surface area contributed by atoms with Crippen molar-refractivity contribution in [3.8, 4) is 11.8 Å². The molecule has 0 fully saturated rings. The van der Waals surface area contributed by atoms with Crippen LogP contribution in [0.5, 0.6) is 0 Å². The Hall–Kier alpha value is -2.49. The number of halogens is 2. The van der Waals surface area contributed by atoms with E-state index in [1.807, 2.05) is 0 Å². The maximum absolute atomic E-state index is 13.1. The van der Waals surface area contributed by atoms with Gasteiger partial charge in [-0.2, -0.15) is 4.39 Å². The number of nitrogens with two attached hydrogens (primary N) is 1. The van der Waals surface area contributed by atoms with Crippen LogP contribution in [-0.2, 0) is 4.79 Å². The topological polar surface area (TPSA) is 86.2 Å². The van der Waals surface area contributed by atoms with Crippen LogP contribution in [0.2, 0.25) is 0 Å². The zero-order valence-corrected chi connectivity index (χ0v) is 8.37. The number of nitro benzene ring substituents is 1. The van der Waals surface area contributed by atoms with E-state index in [1.54, 1.807) is 0 Å². The van der Waals surface area contributed by atoms with Gasteiger partial charge >= 0.3 is 5.69 Å². The average molecular weight is 240 g/mol. The first-order valence-electron chi connectivity index (χ1n) is 4.32. The van der Waals surface area contributed by atoms with E-state index in [9.17, 15) is 23.7 Å². The third-order valence-corrected chi connectivity index (χ3v) is 1.72. The number of nitrogens with zero attached hydrogens (tertiary/aromatic N) is 1. The van der Waals surface area contributed by atoms with Gasteiger partial charge in [-0.3, -0.25) is 14.9 Å². The second-order valence-electron chi connectivity index (χ2n) is 2.99. The molecule has 1 amide bonds. The molecule has 17 heavy (non-hydrogen) atoms. The molecule has 0 atom stereocenters. The zero-order valence-electron chi connectivity index (χ0n) is 8.37. The average Bonchev–Trinajstić information content (AvgIpc) is 2.20. The zero-order chi connectivity index (χ0) is 13.0. The van der Waals surface area contributed by atoms with Crippen LogP contribution in [-0.4, -0.2) is 10.8 Å². The Labute approximate surface area is 94.4 Å². The van der Waals surface area contributed by atoms with E-state index in [0.29, 0.717) is 12.1 Å². The van der Waals surface area contributed by atoms with E-state index in [-0.39, 0.29) is 12.0 Å². The molecule has 2 N–H and O–H groups in total. The van der Waals surface area contributed by atoms with Crippen LogP contribution >= 0.6 is 0 Å². The van der Waals surface area contributed by atoms with E-state index in [2.05, 4.69) is 11.8 Å². The molecular formula is C10H6F2N2O3. The lowest BCUT2D eigenvalue weighted by molar-refractivity contribution is -0.387. The van der Waals surface area contributed by atoms with Gasteiger partial charge in [0.2, 0.25) is 11.7 Å². The number of hydrogen-bond donors (Lipinski definition) is 1. The van der Waals surface area contributed by atoms with Crippen molar-refractivity contribution in [2.75, 3.05) is 0 Å². The summed E-state index contributed by atoms with van der Waals surface area (Å²) >= 11 is 0. The molecule has 0 heterocycles. The Morgan fingerprint density at radius 3 is 2.59 bits per heavy atom. The van der Waals surface area contributed by atoms with Gasteiger partial charge in [-0.1, -0.05) is 11.8 Å². The van der Waals surface area contributed by atoms with Crippen LogP contribution in [0.15, 0.2) is 12.1 Å². The number of carbonyl (C=O) groups excluding carboxylic acids is 1. The van der Waals surface area contributed by atoms with Crippen LogP contribution in [0.4, 0.5) is 14.5 Å². The van der Waals surface area contributed by atoms with Crippen LogP contribution in [0.1, 0.15) is 12.0 Å². The molecule has 0 saturated carbocycles. The van der Waals surface area contributed by atoms with Crippen molar-refractivity contribution in [1.82, 2.24) is 0 Å². The normalized spacial score (nSPS) is 9.29. The smallest absolute Gasteiger partial charge is 0.306 e. The van der Waals surface area contributed by atoms with Crippen LogP contribution in [0.25, 0.3) is 0 Å². The summed E-state index contributed by atoms with van der Waals surface area (Å²) in [6.07, 6.45) is -0.315. The molecule has 0 aliphatic rings. The highest BCUT2D eigenvalue weighted by Crippen LogP contribution is 2.20. The molecule has 0 aliphatic heterocycles. The molecule has 5 nitrogen and oxygen atoms in total. The van der Waals surface area contributed by atoms with Gasteiger partial charge in [0, 0.05) is 12.1 Å². The van der Waals surface area contributed by atoms with E-state index >= 15 is 0 Å². The number of amides is 1. The van der Waals surface area contributed by atoms with Crippen LogP contribution in [0.3, 0.4) is 0 Å². The Kier molecular flexibility index (Phi) is 3.72. The van der Waals surface area contributed by atoms with Crippen molar-refractivity contribution >= 4 is 11.6 Å². The molecule has 0 radical (unpaired) electrons. The fourth-order valence-corrected chi connectivity index (χ4v) is 1.000. The molecule has 0 unspecified atom stereocenters. The number of primary amides is 1. The molecule has 0 aromatic heterocycles. The highest BCUT2D eigenvalue weighted by molar-refractivity contribution is 5.76. The fourth-order valence-electron chi connectivity index (χ4n) is 1.000. The quantitative estimate of drug-likeness (QED) is 0.477. The van der Waals surface area contributed by atoms with Crippen LogP contribution in [0, 0.1) is 33.6 Å². The Morgan fingerprint density at radius 2 is 2.06 bits per heavy atom. The highest BCUT2D eigenvalue weighted by atomic mass is 19.1. The molecule has 0 aliphatic carbocycles. The number of hydrogen-bond acceptors (Lipinski definition) is 3. The van der Waals surface area contributed by atoms with Gasteiger partial charge < -0.3 is 5.73 Å². The maximum Gasteiger partial charge on any atom is 0.306 e. The first kappa shape index (κ1) is 12.6. The maximum atomic E-state index is 13.1. The first-order valence-corrected chi connectivity index (χ1v) is 4.32. The predicted molar refractivity (Wildman–Crippen MR) is 53.7 cm³/mol. The summed E-state index contributed by atoms with van der Waals surface area (Å²) in [6.45, 7) is 0. The lowest BCUT2D eigenvalue weighted by atomic mass is 10.2. The SMILES string of the molecule is NC(=O)CC#Cc1cc([N+](=O)[O-])c(F)cc1F. The lowest BCUT2D eigenvalue weighted by Gasteiger charge is -1.97. The summed E-state index contributed by atoms with van der Waals surface area (Å²) in [5, 5.41) is 10.4. The number of benzene rings is 1. The molecule has 0 saturated heterocycles. The highest BCUT2D eigenvalue weighted by Gasteiger charge is 2.17. The molecule has 1 aromatic rings. The molecule has 1 rings (SSSR count). The molecule has 0 bridgehead atoms. The molecule has 1 aromatic carbocycles. The minimum Gasteiger partial charge on any atom is -0.369 e. The summed E-state index contributed by atoms with van der Waals surface area (Å²) in [5.74, 6) is 1.35. The summed E-state index contributed by atoms with van der Waals surface area (Å²) in [6, 6.07) is 1.03. The van der Waals surface area contributed by atoms with Gasteiger partial charge in [0.25, 0.3) is 0 Å². The van der Waals surface area contributed by atoms with Crippen molar-refractivity contribution in [3.05, 3.63) is 39.4 Å². The standard InChI is InChI=1S/C10H6F2N2O3/c11-7-5-8(12)9(14(16)17)4-6(7)2-1-3-10(13)15/h4-5H,3H2,(H2,13,15). The minimum atomic E-state index is -1.28. The van der Waals surface area contributed by atoms with E-state index in [1.165, 1.54) is 0 Å². The number of nitro groups is 1. The van der Waals surface area contributed by atoms with Gasteiger partial charge in [0.15, 0.2) is 0 Å². The number of rotatable bonds is 2. The third kappa shape index (κ3) is 3.24. The Morgan fingerprint density at radius 1 is 1.41 bits per heavy atom. The molecule has 7 heteroatoms. The van der Waals surface area contributed by atoms with Gasteiger partial charge in [-0.15, -0.1) is 0 Å². The Balaban J connectivity index is 3.15. The molecular weight excluding hydrogens is 234 g/mol. The molecule has 0 spiro atoms. The second-order valence-corrected chi connectivity index (χ2v) is 2.99. The molecule has 88 valence electrons. The van der Waals surface area contributed by atoms with Gasteiger partial charge in [0.05, 0.1) is 16.9 Å². The van der Waals surface area contributed by atoms with Crippen LogP contribution < -0.4 is 5.73 Å². The summed E-state index contributed by atoms with van der Waals surface area (Å²) in [7, 11) is 0. The summed E-state index contributed by atoms with van der Waals surface area (Å²) in [5.41, 5.74) is 3.55. The van der Waals surface area contributed by atoms with Gasteiger partial charge in [0.1, 0.15) is 5.82 Å².